The molecule has 23 heavy (non-hydrogen) atoms. The highest BCUT2D eigenvalue weighted by Gasteiger charge is 2.41. The Morgan fingerprint density at radius 3 is 2.61 bits per heavy atom. The second-order valence-electron chi connectivity index (χ2n) is 6.03. The SMILES string of the molecule is NS(=O)(=O)c1ccc(CCN2C(=O)NC(=S)C3CCCC32)cc1. The quantitative estimate of drug-likeness (QED) is 0.800. The predicted molar refractivity (Wildman–Crippen MR) is 90.5 cm³/mol. The van der Waals surface area contributed by atoms with Gasteiger partial charge in [-0.15, -0.1) is 0 Å². The van der Waals surface area contributed by atoms with E-state index < -0.39 is 10.0 Å². The van der Waals surface area contributed by atoms with Gasteiger partial charge in [0.25, 0.3) is 0 Å². The van der Waals surface area contributed by atoms with Crippen LogP contribution in [0.25, 0.3) is 0 Å². The van der Waals surface area contributed by atoms with Gasteiger partial charge >= 0.3 is 6.03 Å². The molecule has 1 saturated carbocycles. The van der Waals surface area contributed by atoms with E-state index in [1.807, 2.05) is 4.90 Å². The molecule has 2 unspecified atom stereocenters. The number of sulfonamides is 1. The lowest BCUT2D eigenvalue weighted by Crippen LogP contribution is -2.58. The second-order valence-corrected chi connectivity index (χ2v) is 8.03. The molecular formula is C15H19N3O3S2. The number of carbonyl (C=O) groups is 1. The lowest BCUT2D eigenvalue weighted by atomic mass is 9.99. The predicted octanol–water partition coefficient (Wildman–Crippen LogP) is 1.40. The molecule has 124 valence electrons. The number of fused-ring (bicyclic) bond motifs is 1. The van der Waals surface area contributed by atoms with Crippen molar-refractivity contribution in [2.24, 2.45) is 11.1 Å². The van der Waals surface area contributed by atoms with Crippen LogP contribution in [0.3, 0.4) is 0 Å². The number of thiocarbonyl (C=S) groups is 1. The van der Waals surface area contributed by atoms with Crippen LogP contribution in [-0.2, 0) is 16.4 Å². The van der Waals surface area contributed by atoms with Crippen molar-refractivity contribution >= 4 is 33.3 Å². The third-order valence-corrected chi connectivity index (χ3v) is 5.93. The Bertz CT molecular complexity index is 731. The average Bonchev–Trinajstić information content (AvgIpc) is 2.96. The zero-order chi connectivity index (χ0) is 16.6. The summed E-state index contributed by atoms with van der Waals surface area (Å²) in [6.45, 7) is 0.588. The molecule has 1 saturated heterocycles. The molecule has 0 aromatic heterocycles. The van der Waals surface area contributed by atoms with Crippen LogP contribution in [-0.4, -0.2) is 36.9 Å². The maximum absolute atomic E-state index is 12.2. The Kier molecular flexibility index (Phi) is 4.39. The van der Waals surface area contributed by atoms with Crippen molar-refractivity contribution < 1.29 is 13.2 Å². The Labute approximate surface area is 141 Å². The third kappa shape index (κ3) is 3.39. The first-order chi connectivity index (χ1) is 10.9. The van der Waals surface area contributed by atoms with E-state index in [0.717, 1.165) is 24.8 Å². The minimum atomic E-state index is -3.67. The van der Waals surface area contributed by atoms with Crippen LogP contribution in [0.2, 0.25) is 0 Å². The van der Waals surface area contributed by atoms with Crippen LogP contribution in [0, 0.1) is 5.92 Å². The van der Waals surface area contributed by atoms with E-state index in [1.165, 1.54) is 12.1 Å². The zero-order valence-corrected chi connectivity index (χ0v) is 14.2. The number of primary sulfonamides is 1. The van der Waals surface area contributed by atoms with Crippen molar-refractivity contribution in [3.63, 3.8) is 0 Å². The lowest BCUT2D eigenvalue weighted by molar-refractivity contribution is 0.164. The summed E-state index contributed by atoms with van der Waals surface area (Å²) >= 11 is 5.27. The smallest absolute Gasteiger partial charge is 0.321 e. The lowest BCUT2D eigenvalue weighted by Gasteiger charge is -2.38. The van der Waals surface area contributed by atoms with Gasteiger partial charge in [-0.25, -0.2) is 18.4 Å². The second kappa shape index (κ2) is 6.18. The van der Waals surface area contributed by atoms with E-state index in [-0.39, 0.29) is 22.9 Å². The molecule has 0 bridgehead atoms. The number of nitrogens with one attached hydrogen (secondary N) is 1. The summed E-state index contributed by atoms with van der Waals surface area (Å²) in [6.07, 6.45) is 3.77. The number of rotatable bonds is 4. The first-order valence-corrected chi connectivity index (χ1v) is 9.55. The van der Waals surface area contributed by atoms with Gasteiger partial charge in [0.15, 0.2) is 0 Å². The van der Waals surface area contributed by atoms with Crippen LogP contribution < -0.4 is 10.5 Å². The maximum atomic E-state index is 12.2. The van der Waals surface area contributed by atoms with Crippen molar-refractivity contribution in [2.75, 3.05) is 6.54 Å². The molecule has 2 atom stereocenters. The van der Waals surface area contributed by atoms with E-state index in [1.54, 1.807) is 12.1 Å². The maximum Gasteiger partial charge on any atom is 0.322 e. The van der Waals surface area contributed by atoms with Crippen LogP contribution >= 0.6 is 12.2 Å². The van der Waals surface area contributed by atoms with Crippen molar-refractivity contribution in [2.45, 2.75) is 36.6 Å². The number of nitrogens with zero attached hydrogens (tertiary/aromatic N) is 1. The molecule has 2 fully saturated rings. The number of hydrogen-bond donors (Lipinski definition) is 2. The van der Waals surface area contributed by atoms with Crippen molar-refractivity contribution in [3.05, 3.63) is 29.8 Å². The topological polar surface area (TPSA) is 92.5 Å². The molecule has 1 heterocycles. The number of nitrogens with two attached hydrogens (primary N) is 1. The van der Waals surface area contributed by atoms with Crippen molar-refractivity contribution in [1.82, 2.24) is 10.2 Å². The molecule has 1 aliphatic carbocycles. The monoisotopic (exact) mass is 353 g/mol. The minimum Gasteiger partial charge on any atom is -0.321 e. The highest BCUT2D eigenvalue weighted by molar-refractivity contribution is 7.89. The van der Waals surface area contributed by atoms with Crippen LogP contribution in [0.15, 0.2) is 29.2 Å². The summed E-state index contributed by atoms with van der Waals surface area (Å²) in [5, 5.41) is 7.87. The fraction of sp³-hybridized carbons (Fsp3) is 0.467. The van der Waals surface area contributed by atoms with Gasteiger partial charge < -0.3 is 10.2 Å². The molecule has 6 nitrogen and oxygen atoms in total. The van der Waals surface area contributed by atoms with Crippen molar-refractivity contribution in [1.29, 1.82) is 0 Å². The van der Waals surface area contributed by atoms with E-state index >= 15 is 0 Å². The minimum absolute atomic E-state index is 0.0955. The van der Waals surface area contributed by atoms with Gasteiger partial charge in [-0.2, -0.15) is 0 Å². The Morgan fingerprint density at radius 1 is 1.26 bits per heavy atom. The molecule has 1 aliphatic heterocycles. The molecular weight excluding hydrogens is 334 g/mol. The van der Waals surface area contributed by atoms with Gasteiger partial charge in [0, 0.05) is 18.5 Å². The molecule has 3 rings (SSSR count). The summed E-state index contributed by atoms with van der Waals surface area (Å²) in [7, 11) is -3.67. The van der Waals surface area contributed by atoms with Gasteiger partial charge in [-0.1, -0.05) is 30.8 Å². The first-order valence-electron chi connectivity index (χ1n) is 7.59. The fourth-order valence-corrected chi connectivity index (χ4v) is 4.28. The molecule has 8 heteroatoms. The zero-order valence-electron chi connectivity index (χ0n) is 12.6. The fourth-order valence-electron chi connectivity index (χ4n) is 3.40. The van der Waals surface area contributed by atoms with E-state index in [9.17, 15) is 13.2 Å². The van der Waals surface area contributed by atoms with Gasteiger partial charge in [0.1, 0.15) is 0 Å². The van der Waals surface area contributed by atoms with Crippen LogP contribution in [0.1, 0.15) is 24.8 Å². The number of hydrogen-bond acceptors (Lipinski definition) is 4. The number of benzene rings is 1. The number of urea groups is 1. The third-order valence-electron chi connectivity index (χ3n) is 4.60. The molecule has 0 spiro atoms. The van der Waals surface area contributed by atoms with Crippen LogP contribution in [0.5, 0.6) is 0 Å². The van der Waals surface area contributed by atoms with Gasteiger partial charge in [-0.3, -0.25) is 0 Å². The Hall–Kier alpha value is -1.51. The molecule has 1 aromatic carbocycles. The van der Waals surface area contributed by atoms with Gasteiger partial charge in [0.2, 0.25) is 10.0 Å². The molecule has 2 amide bonds. The van der Waals surface area contributed by atoms with Gasteiger partial charge in [0.05, 0.1) is 9.88 Å². The summed E-state index contributed by atoms with van der Waals surface area (Å²) in [6, 6.07) is 6.53. The largest absolute Gasteiger partial charge is 0.322 e. The summed E-state index contributed by atoms with van der Waals surface area (Å²) in [5.41, 5.74) is 0.966. The van der Waals surface area contributed by atoms with E-state index in [0.29, 0.717) is 18.0 Å². The number of amides is 2. The van der Waals surface area contributed by atoms with Crippen molar-refractivity contribution in [3.8, 4) is 0 Å². The molecule has 2 aliphatic rings. The molecule has 1 aromatic rings. The Morgan fingerprint density at radius 2 is 1.96 bits per heavy atom. The first kappa shape index (κ1) is 16.4. The summed E-state index contributed by atoms with van der Waals surface area (Å²) < 4.78 is 22.5. The summed E-state index contributed by atoms with van der Waals surface area (Å²) in [4.78, 5) is 14.8. The van der Waals surface area contributed by atoms with E-state index in [4.69, 9.17) is 17.4 Å². The highest BCUT2D eigenvalue weighted by atomic mass is 32.2. The van der Waals surface area contributed by atoms with Crippen LogP contribution in [0.4, 0.5) is 4.79 Å². The molecule has 0 radical (unpaired) electrons. The summed E-state index contributed by atoms with van der Waals surface area (Å²) in [5.74, 6) is 0.271. The number of carbonyl (C=O) groups excluding carboxylic acids is 1. The van der Waals surface area contributed by atoms with Gasteiger partial charge in [-0.05, 0) is 37.0 Å². The standard InChI is InChI=1S/C15H19N3O3S2/c16-23(20,21)11-6-4-10(5-7-11)8-9-18-13-3-1-2-12(13)14(22)17-15(18)19/h4-7,12-13H,1-3,8-9H2,(H2,16,20,21)(H,17,19,22). The normalized spacial score (nSPS) is 24.5. The Balaban J connectivity index is 1.68. The average molecular weight is 353 g/mol. The highest BCUT2D eigenvalue weighted by Crippen LogP contribution is 2.33. The van der Waals surface area contributed by atoms with E-state index in [2.05, 4.69) is 5.32 Å². The molecule has 3 N–H and O–H groups in total.